The van der Waals surface area contributed by atoms with Crippen LogP contribution < -0.4 is 0 Å². The van der Waals surface area contributed by atoms with Crippen molar-refractivity contribution in [2.24, 2.45) is 0 Å². The summed E-state index contributed by atoms with van der Waals surface area (Å²) < 4.78 is 0. The van der Waals surface area contributed by atoms with Crippen LogP contribution in [0.15, 0.2) is 66.9 Å². The number of nitrogens with one attached hydrogen (secondary N) is 1. The van der Waals surface area contributed by atoms with Crippen molar-refractivity contribution in [3.63, 3.8) is 0 Å². The van der Waals surface area contributed by atoms with Crippen LogP contribution in [0, 0.1) is 0 Å². The van der Waals surface area contributed by atoms with Gasteiger partial charge in [0.1, 0.15) is 11.3 Å². The molecule has 0 amide bonds. The zero-order valence-electron chi connectivity index (χ0n) is 14.6. The van der Waals surface area contributed by atoms with Crippen LogP contribution in [-0.4, -0.2) is 26.0 Å². The van der Waals surface area contributed by atoms with E-state index in [9.17, 15) is 4.79 Å². The van der Waals surface area contributed by atoms with E-state index in [0.29, 0.717) is 5.69 Å². The summed E-state index contributed by atoms with van der Waals surface area (Å²) in [5.74, 6) is -1.04. The zero-order chi connectivity index (χ0) is 18.5. The van der Waals surface area contributed by atoms with Gasteiger partial charge in [0.2, 0.25) is 0 Å². The minimum atomic E-state index is -1.04. The molecular formula is C21H19N3O2. The summed E-state index contributed by atoms with van der Waals surface area (Å²) in [7, 11) is 0. The van der Waals surface area contributed by atoms with Gasteiger partial charge in [-0.05, 0) is 29.8 Å². The zero-order valence-corrected chi connectivity index (χ0v) is 14.6. The van der Waals surface area contributed by atoms with Crippen LogP contribution in [0.4, 0.5) is 0 Å². The van der Waals surface area contributed by atoms with E-state index in [4.69, 9.17) is 5.11 Å². The molecule has 0 atom stereocenters. The Morgan fingerprint density at radius 2 is 1.73 bits per heavy atom. The quantitative estimate of drug-likeness (QED) is 0.546. The Hall–Kier alpha value is -3.47. The Labute approximate surface area is 151 Å². The molecule has 0 radical (unpaired) electrons. The van der Waals surface area contributed by atoms with Gasteiger partial charge in [0.05, 0.1) is 5.69 Å². The number of hydrogen-bond acceptors (Lipinski definition) is 3. The smallest absolute Gasteiger partial charge is 0.354 e. The molecule has 0 spiro atoms. The summed E-state index contributed by atoms with van der Waals surface area (Å²) in [5.41, 5.74) is 4.25. The van der Waals surface area contributed by atoms with E-state index in [1.807, 2.05) is 56.3 Å². The van der Waals surface area contributed by atoms with Crippen molar-refractivity contribution in [2.45, 2.75) is 13.8 Å². The van der Waals surface area contributed by atoms with Gasteiger partial charge in [-0.15, -0.1) is 0 Å². The summed E-state index contributed by atoms with van der Waals surface area (Å²) >= 11 is 0. The van der Waals surface area contributed by atoms with Crippen molar-refractivity contribution in [2.75, 3.05) is 0 Å². The number of carboxylic acids is 1. The molecule has 0 aliphatic heterocycles. The van der Waals surface area contributed by atoms with E-state index in [1.54, 1.807) is 18.3 Å². The molecule has 2 N–H and O–H groups in total. The van der Waals surface area contributed by atoms with Gasteiger partial charge in [-0.1, -0.05) is 50.2 Å². The maximum atomic E-state index is 11.1. The van der Waals surface area contributed by atoms with E-state index in [-0.39, 0.29) is 5.69 Å². The third-order valence-electron chi connectivity index (χ3n) is 3.82. The van der Waals surface area contributed by atoms with Gasteiger partial charge in [0.15, 0.2) is 0 Å². The maximum absolute atomic E-state index is 11.1. The number of aromatic nitrogens is 3. The lowest BCUT2D eigenvalue weighted by Gasteiger charge is -2.01. The second kappa shape index (κ2) is 7.61. The molecule has 0 aliphatic rings. The van der Waals surface area contributed by atoms with E-state index in [0.717, 1.165) is 27.9 Å². The summed E-state index contributed by atoms with van der Waals surface area (Å²) in [5, 5.41) is 10.0. The number of aromatic amines is 1. The highest BCUT2D eigenvalue weighted by Crippen LogP contribution is 2.26. The molecule has 0 aliphatic carbocycles. The second-order valence-corrected chi connectivity index (χ2v) is 5.42. The number of benzene rings is 1. The second-order valence-electron chi connectivity index (χ2n) is 5.42. The van der Waals surface area contributed by atoms with Gasteiger partial charge in [-0.2, -0.15) is 0 Å². The van der Waals surface area contributed by atoms with Gasteiger partial charge < -0.3 is 10.1 Å². The molecule has 5 nitrogen and oxygen atoms in total. The average Bonchev–Trinajstić information content (AvgIpc) is 3.13. The normalized spacial score (nSPS) is 10.2. The largest absolute Gasteiger partial charge is 0.477 e. The lowest BCUT2D eigenvalue weighted by Crippen LogP contribution is -2.00. The Bertz CT molecular complexity index is 1040. The number of aromatic carboxylic acids is 1. The fourth-order valence-electron chi connectivity index (χ4n) is 2.64. The van der Waals surface area contributed by atoms with E-state index >= 15 is 0 Å². The molecule has 0 fully saturated rings. The predicted octanol–water partition coefficient (Wildman–Crippen LogP) is 5.02. The average molecular weight is 345 g/mol. The number of carbonyl (C=O) groups is 1. The van der Waals surface area contributed by atoms with Gasteiger partial charge in [-0.3, -0.25) is 0 Å². The van der Waals surface area contributed by atoms with Gasteiger partial charge in [-0.25, -0.2) is 14.8 Å². The monoisotopic (exact) mass is 345 g/mol. The fraction of sp³-hybridized carbons (Fsp3) is 0.0952. The molecule has 5 heteroatoms. The van der Waals surface area contributed by atoms with Crippen molar-refractivity contribution in [1.82, 2.24) is 15.0 Å². The van der Waals surface area contributed by atoms with Crippen LogP contribution >= 0.6 is 0 Å². The molecule has 1 aromatic carbocycles. The number of pyridine rings is 2. The highest BCUT2D eigenvalue weighted by Gasteiger charge is 2.09. The molecule has 4 rings (SSSR count). The van der Waals surface area contributed by atoms with Crippen LogP contribution in [0.5, 0.6) is 0 Å². The first kappa shape index (κ1) is 17.4. The van der Waals surface area contributed by atoms with Crippen molar-refractivity contribution in [1.29, 1.82) is 0 Å². The predicted molar refractivity (Wildman–Crippen MR) is 103 cm³/mol. The molecule has 26 heavy (non-hydrogen) atoms. The minimum absolute atomic E-state index is 0.0200. The van der Waals surface area contributed by atoms with E-state index in [1.165, 1.54) is 6.07 Å². The van der Waals surface area contributed by atoms with Crippen LogP contribution in [0.25, 0.3) is 33.5 Å². The fourth-order valence-corrected chi connectivity index (χ4v) is 2.64. The first-order chi connectivity index (χ1) is 12.7. The van der Waals surface area contributed by atoms with Gasteiger partial charge >= 0.3 is 5.97 Å². The number of nitrogens with zero attached hydrogens (tertiary/aromatic N) is 2. The van der Waals surface area contributed by atoms with Crippen LogP contribution in [-0.2, 0) is 0 Å². The molecule has 0 bridgehead atoms. The molecule has 4 aromatic rings. The number of hydrogen-bond donors (Lipinski definition) is 2. The lowest BCUT2D eigenvalue weighted by molar-refractivity contribution is 0.0690. The first-order valence-electron chi connectivity index (χ1n) is 8.45. The summed E-state index contributed by atoms with van der Waals surface area (Å²) in [6.07, 6.45) is 1.70. The SMILES string of the molecule is CC.O=C(O)c1cccc(-c2cnc3[nH]c(-c4ccccc4)cc3c2)n1. The third kappa shape index (κ3) is 3.47. The van der Waals surface area contributed by atoms with Gasteiger partial charge in [0, 0.05) is 22.8 Å². The van der Waals surface area contributed by atoms with Crippen molar-refractivity contribution in [3.8, 4) is 22.5 Å². The third-order valence-corrected chi connectivity index (χ3v) is 3.82. The topological polar surface area (TPSA) is 78.9 Å². The molecule has 0 saturated carbocycles. The summed E-state index contributed by atoms with van der Waals surface area (Å²) in [6, 6.07) is 18.9. The molecule has 3 aromatic heterocycles. The summed E-state index contributed by atoms with van der Waals surface area (Å²) in [4.78, 5) is 23.0. The highest BCUT2D eigenvalue weighted by molar-refractivity contribution is 5.88. The Balaban J connectivity index is 0.000000948. The maximum Gasteiger partial charge on any atom is 0.354 e. The van der Waals surface area contributed by atoms with Crippen LogP contribution in [0.3, 0.4) is 0 Å². The highest BCUT2D eigenvalue weighted by atomic mass is 16.4. The van der Waals surface area contributed by atoms with Gasteiger partial charge in [0.25, 0.3) is 0 Å². The number of rotatable bonds is 3. The number of H-pyrrole nitrogens is 1. The Morgan fingerprint density at radius 3 is 2.46 bits per heavy atom. The lowest BCUT2D eigenvalue weighted by atomic mass is 10.1. The Kier molecular flexibility index (Phi) is 5.08. The standard InChI is InChI=1S/C19H13N3O2.C2H6/c23-19(24)16-8-4-7-15(21-16)14-9-13-10-17(22-18(13)20-11-14)12-5-2-1-3-6-12;1-2/h1-11H,(H,20,22)(H,23,24);1-2H3. The van der Waals surface area contributed by atoms with Crippen molar-refractivity contribution >= 4 is 17.0 Å². The Morgan fingerprint density at radius 1 is 0.962 bits per heavy atom. The molecule has 0 unspecified atom stereocenters. The molecule has 0 saturated heterocycles. The molecule has 3 heterocycles. The van der Waals surface area contributed by atoms with E-state index < -0.39 is 5.97 Å². The first-order valence-corrected chi connectivity index (χ1v) is 8.45. The van der Waals surface area contributed by atoms with Crippen molar-refractivity contribution in [3.05, 3.63) is 72.6 Å². The minimum Gasteiger partial charge on any atom is -0.477 e. The number of carboxylic acid groups (broad SMARTS) is 1. The van der Waals surface area contributed by atoms with Crippen molar-refractivity contribution < 1.29 is 9.90 Å². The number of fused-ring (bicyclic) bond motifs is 1. The van der Waals surface area contributed by atoms with Crippen LogP contribution in [0.1, 0.15) is 24.3 Å². The van der Waals surface area contributed by atoms with E-state index in [2.05, 4.69) is 15.0 Å². The molecular weight excluding hydrogens is 326 g/mol. The van der Waals surface area contributed by atoms with Crippen LogP contribution in [0.2, 0.25) is 0 Å². The molecule has 130 valence electrons. The summed E-state index contributed by atoms with van der Waals surface area (Å²) in [6.45, 7) is 4.00.